The van der Waals surface area contributed by atoms with E-state index in [-0.39, 0.29) is 17.1 Å². The van der Waals surface area contributed by atoms with E-state index in [1.165, 1.54) is 13.2 Å². The summed E-state index contributed by atoms with van der Waals surface area (Å²) in [4.78, 5) is 12.6. The average Bonchev–Trinajstić information content (AvgIpc) is 2.87. The summed E-state index contributed by atoms with van der Waals surface area (Å²) in [5, 5.41) is 19.6. The van der Waals surface area contributed by atoms with Crippen LogP contribution in [-0.2, 0) is 4.79 Å². The zero-order valence-electron chi connectivity index (χ0n) is 18.4. The predicted octanol–water partition coefficient (Wildman–Crippen LogP) is 5.93. The van der Waals surface area contributed by atoms with Gasteiger partial charge in [0.25, 0.3) is 0 Å². The van der Waals surface area contributed by atoms with Crippen molar-refractivity contribution in [2.45, 2.75) is 0 Å². The number of nitrogens with zero attached hydrogens (tertiary/aromatic N) is 2. The first-order chi connectivity index (χ1) is 16.5. The third-order valence-electron chi connectivity index (χ3n) is 4.74. The van der Waals surface area contributed by atoms with E-state index < -0.39 is 5.97 Å². The maximum atomic E-state index is 12.6. The van der Waals surface area contributed by atoms with Gasteiger partial charge in [-0.15, -0.1) is 0 Å². The van der Waals surface area contributed by atoms with Gasteiger partial charge in [-0.25, -0.2) is 4.79 Å². The van der Waals surface area contributed by atoms with Gasteiger partial charge in [-0.05, 0) is 65.2 Å². The van der Waals surface area contributed by atoms with E-state index in [0.717, 1.165) is 0 Å². The molecule has 0 radical (unpaired) electrons. The Morgan fingerprint density at radius 1 is 0.824 bits per heavy atom. The summed E-state index contributed by atoms with van der Waals surface area (Å²) < 4.78 is 15.9. The molecule has 6 nitrogen and oxygen atoms in total. The lowest BCUT2D eigenvalue weighted by molar-refractivity contribution is -0.129. The number of esters is 1. The highest BCUT2D eigenvalue weighted by atomic mass is 35.5. The number of rotatable bonds is 7. The molecule has 34 heavy (non-hydrogen) atoms. The minimum absolute atomic E-state index is 0.144. The fraction of sp³-hybridized carbons (Fsp3) is 0.0741. The largest absolute Gasteiger partial charge is 0.497 e. The van der Waals surface area contributed by atoms with E-state index in [9.17, 15) is 15.3 Å². The van der Waals surface area contributed by atoms with Gasteiger partial charge < -0.3 is 14.2 Å². The number of allylic oxidation sites excluding steroid dienone is 1. The van der Waals surface area contributed by atoms with Crippen molar-refractivity contribution in [3.63, 3.8) is 0 Å². The second-order valence-electron chi connectivity index (χ2n) is 6.92. The van der Waals surface area contributed by atoms with Gasteiger partial charge in [0.1, 0.15) is 17.4 Å². The van der Waals surface area contributed by atoms with Crippen LogP contribution in [-0.4, -0.2) is 20.2 Å². The molecule has 0 aliphatic carbocycles. The number of carbonyl (C=O) groups is 1. The molecule has 7 heteroatoms. The van der Waals surface area contributed by atoms with Crippen LogP contribution in [0.2, 0.25) is 5.02 Å². The molecule has 3 rings (SSSR count). The summed E-state index contributed by atoms with van der Waals surface area (Å²) in [6.07, 6.45) is 3.11. The molecule has 0 N–H and O–H groups in total. The first kappa shape index (κ1) is 24.1. The molecule has 0 saturated heterocycles. The number of benzene rings is 3. The molecule has 0 amide bonds. The van der Waals surface area contributed by atoms with Crippen LogP contribution in [0.25, 0.3) is 17.7 Å². The summed E-state index contributed by atoms with van der Waals surface area (Å²) in [5.74, 6) is 0.259. The number of carbonyl (C=O) groups excluding carboxylic acids is 1. The van der Waals surface area contributed by atoms with Crippen LogP contribution in [0, 0.1) is 22.7 Å². The molecule has 0 heterocycles. The number of halogens is 1. The number of hydrogen-bond donors (Lipinski definition) is 0. The summed E-state index contributed by atoms with van der Waals surface area (Å²) >= 11 is 5.92. The van der Waals surface area contributed by atoms with Crippen molar-refractivity contribution in [1.82, 2.24) is 0 Å². The van der Waals surface area contributed by atoms with Crippen molar-refractivity contribution in [2.24, 2.45) is 0 Å². The number of hydrogen-bond acceptors (Lipinski definition) is 6. The van der Waals surface area contributed by atoms with Crippen molar-refractivity contribution in [1.29, 1.82) is 10.5 Å². The van der Waals surface area contributed by atoms with Crippen LogP contribution in [0.3, 0.4) is 0 Å². The summed E-state index contributed by atoms with van der Waals surface area (Å²) in [5.41, 5.74) is 2.28. The van der Waals surface area contributed by atoms with Gasteiger partial charge in [0.15, 0.2) is 11.5 Å². The van der Waals surface area contributed by atoms with Crippen molar-refractivity contribution in [2.75, 3.05) is 14.2 Å². The van der Waals surface area contributed by atoms with E-state index in [4.69, 9.17) is 25.8 Å². The normalized spacial score (nSPS) is 11.2. The maximum absolute atomic E-state index is 12.6. The smallest absolute Gasteiger partial charge is 0.354 e. The van der Waals surface area contributed by atoms with E-state index in [1.54, 1.807) is 79.9 Å². The molecule has 0 aromatic heterocycles. The Labute approximate surface area is 202 Å². The molecular formula is C27H19ClN2O4. The van der Waals surface area contributed by atoms with E-state index in [1.807, 2.05) is 6.07 Å². The van der Waals surface area contributed by atoms with Gasteiger partial charge in [-0.2, -0.15) is 10.5 Å². The van der Waals surface area contributed by atoms with Gasteiger partial charge in [0.05, 0.1) is 25.9 Å². The molecule has 0 atom stereocenters. The van der Waals surface area contributed by atoms with E-state index in [0.29, 0.717) is 33.0 Å². The lowest BCUT2D eigenvalue weighted by Crippen LogP contribution is -2.11. The minimum atomic E-state index is -0.821. The van der Waals surface area contributed by atoms with Crippen LogP contribution in [0.1, 0.15) is 16.7 Å². The molecule has 0 bridgehead atoms. The highest BCUT2D eigenvalue weighted by Gasteiger charge is 2.16. The average molecular weight is 471 g/mol. The third kappa shape index (κ3) is 6.04. The van der Waals surface area contributed by atoms with Crippen molar-refractivity contribution < 1.29 is 19.0 Å². The van der Waals surface area contributed by atoms with Crippen molar-refractivity contribution in [3.8, 4) is 29.4 Å². The Morgan fingerprint density at radius 2 is 1.50 bits per heavy atom. The Morgan fingerprint density at radius 3 is 2.09 bits per heavy atom. The second kappa shape index (κ2) is 11.4. The Kier molecular flexibility index (Phi) is 8.07. The minimum Gasteiger partial charge on any atom is -0.497 e. The Balaban J connectivity index is 1.84. The summed E-state index contributed by atoms with van der Waals surface area (Å²) in [6, 6.07) is 22.7. The Hall–Kier alpha value is -4.52. The molecule has 0 aliphatic heterocycles. The van der Waals surface area contributed by atoms with Crippen molar-refractivity contribution in [3.05, 3.63) is 94.0 Å². The highest BCUT2D eigenvalue weighted by Crippen LogP contribution is 2.31. The zero-order chi connectivity index (χ0) is 24.5. The predicted molar refractivity (Wildman–Crippen MR) is 130 cm³/mol. The van der Waals surface area contributed by atoms with E-state index in [2.05, 4.69) is 6.07 Å². The van der Waals surface area contributed by atoms with Gasteiger partial charge in [-0.1, -0.05) is 41.9 Å². The topological polar surface area (TPSA) is 92.3 Å². The van der Waals surface area contributed by atoms with Crippen LogP contribution in [0.5, 0.6) is 17.2 Å². The molecule has 0 aliphatic rings. The molecule has 0 unspecified atom stereocenters. The van der Waals surface area contributed by atoms with Gasteiger partial charge in [0.2, 0.25) is 0 Å². The molecule has 3 aromatic rings. The summed E-state index contributed by atoms with van der Waals surface area (Å²) in [7, 11) is 2.99. The van der Waals surface area contributed by atoms with Gasteiger partial charge >= 0.3 is 5.97 Å². The third-order valence-corrected chi connectivity index (χ3v) is 5.00. The first-order valence-electron chi connectivity index (χ1n) is 10.0. The van der Waals surface area contributed by atoms with Gasteiger partial charge in [-0.3, -0.25) is 0 Å². The quantitative estimate of drug-likeness (QED) is 0.140. The van der Waals surface area contributed by atoms with Crippen molar-refractivity contribution >= 4 is 35.3 Å². The highest BCUT2D eigenvalue weighted by molar-refractivity contribution is 6.30. The number of methoxy groups -OCH3 is 2. The number of nitriles is 2. The molecule has 3 aromatic carbocycles. The fourth-order valence-corrected chi connectivity index (χ4v) is 3.12. The van der Waals surface area contributed by atoms with Crippen LogP contribution in [0.4, 0.5) is 0 Å². The summed E-state index contributed by atoms with van der Waals surface area (Å²) in [6.45, 7) is 0. The molecular weight excluding hydrogens is 452 g/mol. The van der Waals surface area contributed by atoms with Crippen LogP contribution >= 0.6 is 11.6 Å². The molecule has 168 valence electrons. The lowest BCUT2D eigenvalue weighted by atomic mass is 10.0. The maximum Gasteiger partial charge on any atom is 0.354 e. The lowest BCUT2D eigenvalue weighted by Gasteiger charge is -2.10. The molecule has 0 saturated carbocycles. The van der Waals surface area contributed by atoms with Crippen LogP contribution in [0.15, 0.2) is 72.3 Å². The van der Waals surface area contributed by atoms with Gasteiger partial charge in [0, 0.05) is 5.02 Å². The second-order valence-corrected chi connectivity index (χ2v) is 7.36. The zero-order valence-corrected chi connectivity index (χ0v) is 19.2. The first-order valence-corrected chi connectivity index (χ1v) is 10.4. The van der Waals surface area contributed by atoms with Crippen LogP contribution < -0.4 is 14.2 Å². The fourth-order valence-electron chi connectivity index (χ4n) is 2.99. The molecule has 0 spiro atoms. The standard InChI is InChI=1S/C27H19ClN2O4/c1-32-24-10-3-18(4-11-24)13-22(17-30)27(31)34-25-12-5-19(15-26(25)33-2)14-21(16-29)20-6-8-23(28)9-7-20/h3-15H,1-2H3/b21-14+,22-13+. The SMILES string of the molecule is COc1ccc(/C=C(\C#N)C(=O)Oc2ccc(/C=C(\C#N)c3ccc(Cl)cc3)cc2OC)cc1. The Bertz CT molecular complexity index is 1330. The van der Waals surface area contributed by atoms with E-state index >= 15 is 0 Å². The molecule has 0 fully saturated rings. The monoisotopic (exact) mass is 470 g/mol. The number of ether oxygens (including phenoxy) is 3.